The molecule has 1 aliphatic rings. The van der Waals surface area contributed by atoms with Gasteiger partial charge in [0.15, 0.2) is 0 Å². The highest BCUT2D eigenvalue weighted by atomic mass is 32.1. The molecule has 49 heavy (non-hydrogen) atoms. The van der Waals surface area contributed by atoms with Crippen LogP contribution in [0.2, 0.25) is 0 Å². The van der Waals surface area contributed by atoms with Crippen LogP contribution in [0, 0.1) is 24.4 Å². The van der Waals surface area contributed by atoms with Crippen molar-refractivity contribution >= 4 is 38.4 Å². The summed E-state index contributed by atoms with van der Waals surface area (Å²) in [6.45, 7) is 9.91. The molecule has 1 aliphatic heterocycles. The molecule has 0 saturated carbocycles. The minimum absolute atomic E-state index is 0.00697. The Balaban J connectivity index is 1.55. The van der Waals surface area contributed by atoms with Gasteiger partial charge in [0.1, 0.15) is 47.0 Å². The summed E-state index contributed by atoms with van der Waals surface area (Å²) in [6, 6.07) is 8.71. The van der Waals surface area contributed by atoms with Crippen LogP contribution < -0.4 is 4.74 Å². The van der Waals surface area contributed by atoms with Gasteiger partial charge < -0.3 is 18.9 Å². The van der Waals surface area contributed by atoms with E-state index in [1.807, 2.05) is 55.3 Å². The normalized spacial score (nSPS) is 16.0. The Labute approximate surface area is 284 Å². The van der Waals surface area contributed by atoms with E-state index < -0.39 is 17.5 Å². The standard InChI is InChI=1S/C36H33F3N6O3S/c1-7-30(46)44-16-18(2)45-28(19(44)3)15-26(42-45)35-33(31-23(38)13-22(37)14-29(31)48-11-10-47-6)32-24(39)17-49-36(32)34(41-35)21-8-9-27-25(12-21)40-20(4)43(27)5/h7-9,12-15,17-19H,1,10-11,16H2,2-6H3. The topological polar surface area (TPSA) is 87.3 Å². The lowest BCUT2D eigenvalue weighted by Gasteiger charge is -2.36. The third-order valence-electron chi connectivity index (χ3n) is 9.10. The van der Waals surface area contributed by atoms with Crippen molar-refractivity contribution < 1.29 is 27.4 Å². The molecule has 2 atom stereocenters. The number of aryl methyl sites for hydroxylation is 2. The molecule has 0 saturated heterocycles. The van der Waals surface area contributed by atoms with Crippen LogP contribution in [0.25, 0.3) is 54.9 Å². The first kappa shape index (κ1) is 32.5. The van der Waals surface area contributed by atoms with Gasteiger partial charge >= 0.3 is 0 Å². The van der Waals surface area contributed by atoms with Gasteiger partial charge in [-0.15, -0.1) is 11.3 Å². The zero-order valence-electron chi connectivity index (χ0n) is 27.6. The molecule has 252 valence electrons. The van der Waals surface area contributed by atoms with E-state index in [9.17, 15) is 9.18 Å². The van der Waals surface area contributed by atoms with E-state index in [1.54, 1.807) is 11.0 Å². The molecule has 9 nitrogen and oxygen atoms in total. The van der Waals surface area contributed by atoms with Crippen molar-refractivity contribution in [3.05, 3.63) is 83.4 Å². The van der Waals surface area contributed by atoms with E-state index in [0.29, 0.717) is 33.9 Å². The average molecular weight is 687 g/mol. The van der Waals surface area contributed by atoms with E-state index in [1.165, 1.54) is 18.6 Å². The Hall–Kier alpha value is -5.01. The second kappa shape index (κ2) is 12.5. The van der Waals surface area contributed by atoms with E-state index >= 15 is 8.78 Å². The molecule has 6 aromatic rings. The third-order valence-corrected chi connectivity index (χ3v) is 10.1. The van der Waals surface area contributed by atoms with Crippen LogP contribution in [0.4, 0.5) is 13.2 Å². The van der Waals surface area contributed by atoms with Crippen molar-refractivity contribution in [2.24, 2.45) is 7.05 Å². The number of fused-ring (bicyclic) bond motifs is 3. The number of benzene rings is 2. The number of carbonyl (C=O) groups excluding carboxylic acids is 1. The lowest BCUT2D eigenvalue weighted by Crippen LogP contribution is -2.42. The van der Waals surface area contributed by atoms with Gasteiger partial charge in [0.2, 0.25) is 5.91 Å². The summed E-state index contributed by atoms with van der Waals surface area (Å²) < 4.78 is 62.3. The first-order chi connectivity index (χ1) is 23.5. The molecule has 2 aromatic carbocycles. The number of rotatable bonds is 8. The first-order valence-corrected chi connectivity index (χ1v) is 16.6. The van der Waals surface area contributed by atoms with Gasteiger partial charge in [-0.3, -0.25) is 9.48 Å². The Morgan fingerprint density at radius 2 is 1.86 bits per heavy atom. The zero-order valence-corrected chi connectivity index (χ0v) is 28.4. The molecule has 13 heteroatoms. The molecular formula is C36H33F3N6O3S. The highest BCUT2D eigenvalue weighted by molar-refractivity contribution is 7.17. The fraction of sp³-hybridized carbons (Fsp3) is 0.278. The summed E-state index contributed by atoms with van der Waals surface area (Å²) in [7, 11) is 3.41. The minimum Gasteiger partial charge on any atom is -0.490 e. The molecule has 0 spiro atoms. The fourth-order valence-electron chi connectivity index (χ4n) is 6.58. The third kappa shape index (κ3) is 5.37. The van der Waals surface area contributed by atoms with Gasteiger partial charge in [0.25, 0.3) is 0 Å². The van der Waals surface area contributed by atoms with Gasteiger partial charge in [0, 0.05) is 54.7 Å². The Morgan fingerprint density at radius 3 is 2.61 bits per heavy atom. The first-order valence-electron chi connectivity index (χ1n) is 15.7. The molecular weight excluding hydrogens is 653 g/mol. The highest BCUT2D eigenvalue weighted by Gasteiger charge is 2.34. The summed E-state index contributed by atoms with van der Waals surface area (Å²) in [5, 5.41) is 6.37. The van der Waals surface area contributed by atoms with Crippen LogP contribution in [-0.2, 0) is 16.6 Å². The zero-order chi connectivity index (χ0) is 34.7. The Morgan fingerprint density at radius 1 is 1.06 bits per heavy atom. The number of carbonyl (C=O) groups is 1. The van der Waals surface area contributed by atoms with Crippen LogP contribution in [-0.4, -0.2) is 62.0 Å². The van der Waals surface area contributed by atoms with Crippen molar-refractivity contribution in [1.29, 1.82) is 0 Å². The molecule has 0 fully saturated rings. The molecule has 0 radical (unpaired) electrons. The van der Waals surface area contributed by atoms with Gasteiger partial charge in [0.05, 0.1) is 51.4 Å². The van der Waals surface area contributed by atoms with Crippen LogP contribution in [0.3, 0.4) is 0 Å². The smallest absolute Gasteiger partial charge is 0.246 e. The number of ether oxygens (including phenoxy) is 2. The van der Waals surface area contributed by atoms with E-state index in [2.05, 4.69) is 11.6 Å². The van der Waals surface area contributed by atoms with Crippen molar-refractivity contribution in [2.45, 2.75) is 32.9 Å². The number of hydrogen-bond donors (Lipinski definition) is 0. The van der Waals surface area contributed by atoms with E-state index in [0.717, 1.165) is 40.3 Å². The molecule has 7 rings (SSSR count). The summed E-state index contributed by atoms with van der Waals surface area (Å²) >= 11 is 1.13. The van der Waals surface area contributed by atoms with Gasteiger partial charge in [-0.25, -0.2) is 23.1 Å². The average Bonchev–Trinajstić information content (AvgIpc) is 3.77. The number of thiophene rings is 1. The number of hydrogen-bond acceptors (Lipinski definition) is 7. The van der Waals surface area contributed by atoms with Crippen molar-refractivity contribution in [2.75, 3.05) is 26.9 Å². The number of pyridine rings is 1. The molecule has 4 aromatic heterocycles. The maximum atomic E-state index is 16.2. The van der Waals surface area contributed by atoms with Crippen LogP contribution >= 0.6 is 11.3 Å². The van der Waals surface area contributed by atoms with Crippen LogP contribution in [0.5, 0.6) is 5.75 Å². The second-order valence-electron chi connectivity index (χ2n) is 12.1. The number of amides is 1. The second-order valence-corrected chi connectivity index (χ2v) is 13.0. The number of imidazole rings is 1. The quantitative estimate of drug-likeness (QED) is 0.120. The van der Waals surface area contributed by atoms with Crippen molar-refractivity contribution in [3.63, 3.8) is 0 Å². The predicted molar refractivity (Wildman–Crippen MR) is 183 cm³/mol. The summed E-state index contributed by atoms with van der Waals surface area (Å²) in [5.41, 5.74) is 3.91. The number of methoxy groups -OCH3 is 1. The van der Waals surface area contributed by atoms with Crippen molar-refractivity contribution in [1.82, 2.24) is 29.2 Å². The number of halogens is 3. The van der Waals surface area contributed by atoms with Gasteiger partial charge in [-0.1, -0.05) is 12.6 Å². The van der Waals surface area contributed by atoms with Crippen LogP contribution in [0.1, 0.15) is 37.4 Å². The lowest BCUT2D eigenvalue weighted by molar-refractivity contribution is -0.129. The Bertz CT molecular complexity index is 2290. The maximum Gasteiger partial charge on any atom is 0.246 e. The van der Waals surface area contributed by atoms with Crippen molar-refractivity contribution in [3.8, 4) is 39.5 Å². The summed E-state index contributed by atoms with van der Waals surface area (Å²) in [4.78, 5) is 24.3. The van der Waals surface area contributed by atoms with Gasteiger partial charge in [-0.2, -0.15) is 5.10 Å². The number of nitrogens with zero attached hydrogens (tertiary/aromatic N) is 6. The molecule has 1 amide bonds. The molecule has 0 N–H and O–H groups in total. The van der Waals surface area contributed by atoms with Gasteiger partial charge in [-0.05, 0) is 45.0 Å². The monoisotopic (exact) mass is 686 g/mol. The summed E-state index contributed by atoms with van der Waals surface area (Å²) in [6.07, 6.45) is 1.28. The van der Waals surface area contributed by atoms with E-state index in [-0.39, 0.29) is 59.2 Å². The molecule has 0 bridgehead atoms. The van der Waals surface area contributed by atoms with Crippen LogP contribution in [0.15, 0.2) is 54.4 Å². The largest absolute Gasteiger partial charge is 0.490 e. The Kier molecular flexibility index (Phi) is 8.27. The summed E-state index contributed by atoms with van der Waals surface area (Å²) in [5.74, 6) is -1.93. The SMILES string of the molecule is C=CC(=O)N1CC(C)n2nc(-c3nc(-c4ccc5c(c4)nc(C)n5C)c4scc(F)c4c3-c3c(F)cc(F)cc3OCCOC)cc2C1C. The molecule has 0 aliphatic carbocycles. The maximum absolute atomic E-state index is 16.2. The lowest BCUT2D eigenvalue weighted by atomic mass is 9.94. The predicted octanol–water partition coefficient (Wildman–Crippen LogP) is 7.78. The van der Waals surface area contributed by atoms with E-state index in [4.69, 9.17) is 19.6 Å². The number of aromatic nitrogens is 5. The molecule has 2 unspecified atom stereocenters. The minimum atomic E-state index is -0.950. The fourth-order valence-corrected chi connectivity index (χ4v) is 7.51. The molecule has 5 heterocycles. The highest BCUT2D eigenvalue weighted by Crippen LogP contribution is 2.48.